The van der Waals surface area contributed by atoms with Crippen LogP contribution in [0.4, 0.5) is 5.69 Å². The lowest BCUT2D eigenvalue weighted by Crippen LogP contribution is -2.14. The fourth-order valence-electron chi connectivity index (χ4n) is 2.77. The molecule has 1 N–H and O–H groups in total. The summed E-state index contributed by atoms with van der Waals surface area (Å²) in [6.45, 7) is 1.87. The summed E-state index contributed by atoms with van der Waals surface area (Å²) in [4.78, 5) is -0.0540. The van der Waals surface area contributed by atoms with Gasteiger partial charge < -0.3 is 0 Å². The number of sulfonamides is 1. The number of aromatic nitrogens is 7. The Morgan fingerprint density at radius 3 is 2.78 bits per heavy atom. The molecule has 4 rings (SSSR count). The Bertz CT molecular complexity index is 1240. The molecule has 0 unspecified atom stereocenters. The van der Waals surface area contributed by atoms with Gasteiger partial charge in [0, 0.05) is 7.05 Å². The third-order valence-corrected chi connectivity index (χ3v) is 6.03. The first-order valence-electron chi connectivity index (χ1n) is 7.88. The Balaban J connectivity index is 1.58. The van der Waals surface area contributed by atoms with Crippen molar-refractivity contribution in [2.75, 3.05) is 4.72 Å². The van der Waals surface area contributed by atoms with Gasteiger partial charge in [0.25, 0.3) is 10.0 Å². The van der Waals surface area contributed by atoms with Crippen molar-refractivity contribution in [2.24, 2.45) is 7.05 Å². The maximum atomic E-state index is 12.6. The van der Waals surface area contributed by atoms with Gasteiger partial charge in [-0.1, -0.05) is 28.9 Å². The Kier molecular flexibility index (Phi) is 4.12. The van der Waals surface area contributed by atoms with E-state index in [0.717, 1.165) is 11.0 Å². The molecule has 0 spiro atoms. The lowest BCUT2D eigenvalue weighted by molar-refractivity contribution is 0.502. The van der Waals surface area contributed by atoms with Crippen LogP contribution < -0.4 is 4.72 Å². The number of fused-ring (bicyclic) bond motifs is 1. The van der Waals surface area contributed by atoms with Crippen molar-refractivity contribution in [1.82, 2.24) is 34.6 Å². The van der Waals surface area contributed by atoms with Crippen molar-refractivity contribution < 1.29 is 8.42 Å². The highest BCUT2D eigenvalue weighted by Gasteiger charge is 2.25. The van der Waals surface area contributed by atoms with Crippen LogP contribution in [0.1, 0.15) is 5.69 Å². The molecule has 1 aromatic carbocycles. The van der Waals surface area contributed by atoms with Crippen LogP contribution in [-0.4, -0.2) is 43.0 Å². The van der Waals surface area contributed by atoms with Gasteiger partial charge in [0.15, 0.2) is 0 Å². The molecule has 0 atom stereocenters. The van der Waals surface area contributed by atoms with E-state index in [1.807, 2.05) is 24.3 Å². The lowest BCUT2D eigenvalue weighted by atomic mass is 10.3. The number of aryl methyl sites for hydroxylation is 2. The predicted molar refractivity (Wildman–Crippen MR) is 98.9 cm³/mol. The molecule has 3 aromatic heterocycles. The summed E-state index contributed by atoms with van der Waals surface area (Å²) >= 11 is 6.06. The molecule has 0 amide bonds. The van der Waals surface area contributed by atoms with Crippen molar-refractivity contribution >= 4 is 38.3 Å². The van der Waals surface area contributed by atoms with Gasteiger partial charge in [0.1, 0.15) is 22.2 Å². The molecule has 0 saturated carbocycles. The molecule has 0 fully saturated rings. The summed E-state index contributed by atoms with van der Waals surface area (Å²) in [7, 11) is -2.31. The van der Waals surface area contributed by atoms with E-state index in [-0.39, 0.29) is 16.7 Å². The van der Waals surface area contributed by atoms with E-state index >= 15 is 0 Å². The topological polar surface area (TPSA) is 113 Å². The lowest BCUT2D eigenvalue weighted by Gasteiger charge is -2.05. The van der Waals surface area contributed by atoms with Gasteiger partial charge >= 0.3 is 0 Å². The zero-order valence-corrected chi connectivity index (χ0v) is 16.0. The van der Waals surface area contributed by atoms with Crippen LogP contribution >= 0.6 is 11.6 Å². The van der Waals surface area contributed by atoms with Crippen LogP contribution in [-0.2, 0) is 23.7 Å². The number of hydrogen-bond acceptors (Lipinski definition) is 6. The van der Waals surface area contributed by atoms with E-state index in [9.17, 15) is 8.42 Å². The molecule has 0 aliphatic heterocycles. The van der Waals surface area contributed by atoms with Crippen LogP contribution in [0.3, 0.4) is 0 Å². The van der Waals surface area contributed by atoms with Crippen LogP contribution in [0.2, 0.25) is 5.15 Å². The quantitative estimate of drug-likeness (QED) is 0.539. The van der Waals surface area contributed by atoms with Crippen LogP contribution in [0, 0.1) is 6.92 Å². The standard InChI is InChI=1S/C15H15ClN8O2S/c1-10-14(15(16)22(2)19-10)27(25,26)20-11-7-17-23(8-11)9-24-13-6-4-3-5-12(13)18-21-24/h3-8,20H,9H2,1-2H3. The fraction of sp³-hybridized carbons (Fsp3) is 0.200. The number of halogens is 1. The molecule has 0 saturated heterocycles. The van der Waals surface area contributed by atoms with Gasteiger partial charge in [0.05, 0.1) is 29.3 Å². The molecular weight excluding hydrogens is 392 g/mol. The minimum atomic E-state index is -3.89. The van der Waals surface area contributed by atoms with Crippen molar-refractivity contribution in [3.63, 3.8) is 0 Å². The second-order valence-corrected chi connectivity index (χ2v) is 7.90. The van der Waals surface area contributed by atoms with Crippen molar-refractivity contribution in [2.45, 2.75) is 18.5 Å². The van der Waals surface area contributed by atoms with Crippen molar-refractivity contribution in [3.8, 4) is 0 Å². The first-order valence-corrected chi connectivity index (χ1v) is 9.74. The molecule has 0 aliphatic rings. The number of nitrogens with zero attached hydrogens (tertiary/aromatic N) is 7. The molecule has 27 heavy (non-hydrogen) atoms. The number of benzene rings is 1. The Morgan fingerprint density at radius 1 is 1.26 bits per heavy atom. The zero-order valence-electron chi connectivity index (χ0n) is 14.4. The zero-order chi connectivity index (χ0) is 19.2. The molecule has 10 nitrogen and oxygen atoms in total. The number of rotatable bonds is 5. The van der Waals surface area contributed by atoms with E-state index in [2.05, 4.69) is 25.2 Å². The molecule has 4 aromatic rings. The van der Waals surface area contributed by atoms with Gasteiger partial charge in [-0.2, -0.15) is 10.2 Å². The Labute approximate surface area is 159 Å². The maximum Gasteiger partial charge on any atom is 0.266 e. The highest BCUT2D eigenvalue weighted by Crippen LogP contribution is 2.26. The molecule has 12 heteroatoms. The maximum absolute atomic E-state index is 12.6. The van der Waals surface area contributed by atoms with Gasteiger partial charge in [-0.25, -0.2) is 17.8 Å². The highest BCUT2D eigenvalue weighted by molar-refractivity contribution is 7.92. The van der Waals surface area contributed by atoms with Crippen LogP contribution in [0.15, 0.2) is 41.6 Å². The van der Waals surface area contributed by atoms with Crippen molar-refractivity contribution in [3.05, 3.63) is 47.5 Å². The Hall–Kier alpha value is -2.92. The minimum Gasteiger partial charge on any atom is -0.276 e. The third kappa shape index (κ3) is 3.15. The minimum absolute atomic E-state index is 0.0430. The summed E-state index contributed by atoms with van der Waals surface area (Å²) < 4.78 is 32.3. The van der Waals surface area contributed by atoms with Crippen LogP contribution in [0.25, 0.3) is 11.0 Å². The summed E-state index contributed by atoms with van der Waals surface area (Å²) in [5.41, 5.74) is 2.25. The van der Waals surface area contributed by atoms with Gasteiger partial charge in [-0.3, -0.25) is 9.40 Å². The smallest absolute Gasteiger partial charge is 0.266 e. The van der Waals surface area contributed by atoms with E-state index in [1.165, 1.54) is 10.9 Å². The van der Waals surface area contributed by atoms with E-state index in [4.69, 9.17) is 11.6 Å². The van der Waals surface area contributed by atoms with E-state index in [0.29, 0.717) is 11.4 Å². The second kappa shape index (κ2) is 6.35. The normalized spacial score (nSPS) is 12.0. The molecule has 140 valence electrons. The number of hydrogen-bond donors (Lipinski definition) is 1. The van der Waals surface area contributed by atoms with Crippen molar-refractivity contribution in [1.29, 1.82) is 0 Å². The summed E-state index contributed by atoms with van der Waals surface area (Å²) in [6.07, 6.45) is 2.98. The average molecular weight is 407 g/mol. The fourth-order valence-corrected chi connectivity index (χ4v) is 4.56. The first kappa shape index (κ1) is 17.5. The van der Waals surface area contributed by atoms with E-state index < -0.39 is 10.0 Å². The molecule has 3 heterocycles. The Morgan fingerprint density at radius 2 is 2.04 bits per heavy atom. The van der Waals surface area contributed by atoms with Gasteiger partial charge in [0.2, 0.25) is 0 Å². The van der Waals surface area contributed by atoms with Gasteiger partial charge in [-0.15, -0.1) is 5.10 Å². The number of para-hydroxylation sites is 1. The van der Waals surface area contributed by atoms with Crippen LogP contribution in [0.5, 0.6) is 0 Å². The second-order valence-electron chi connectivity index (χ2n) is 5.92. The number of nitrogens with one attached hydrogen (secondary N) is 1. The summed E-state index contributed by atoms with van der Waals surface area (Å²) in [5, 5.41) is 16.4. The summed E-state index contributed by atoms with van der Waals surface area (Å²) in [5.74, 6) is 0. The molecule has 0 aliphatic carbocycles. The largest absolute Gasteiger partial charge is 0.276 e. The average Bonchev–Trinajstić information content (AvgIpc) is 3.28. The highest BCUT2D eigenvalue weighted by atomic mass is 35.5. The predicted octanol–water partition coefficient (Wildman–Crippen LogP) is 1.63. The van der Waals surface area contributed by atoms with E-state index in [1.54, 1.807) is 29.5 Å². The molecule has 0 radical (unpaired) electrons. The molecule has 0 bridgehead atoms. The van der Waals surface area contributed by atoms with Gasteiger partial charge in [-0.05, 0) is 19.1 Å². The number of anilines is 1. The third-order valence-electron chi connectivity index (χ3n) is 3.95. The summed E-state index contributed by atoms with van der Waals surface area (Å²) in [6, 6.07) is 7.54. The first-order chi connectivity index (χ1) is 12.8. The SMILES string of the molecule is Cc1nn(C)c(Cl)c1S(=O)(=O)Nc1cnn(Cn2nnc3ccccc32)c1. The monoisotopic (exact) mass is 406 g/mol. The molecular formula is C15H15ClN8O2S.